The number of aliphatic carboxylic acids is 1. The fourth-order valence-electron chi connectivity index (χ4n) is 4.18. The third-order valence-corrected chi connectivity index (χ3v) is 7.02. The molecule has 0 radical (unpaired) electrons. The summed E-state index contributed by atoms with van der Waals surface area (Å²) in [7, 11) is 4.52. The Hall–Kier alpha value is -4.07. The van der Waals surface area contributed by atoms with E-state index in [9.17, 15) is 33.4 Å². The molecule has 3 aromatic rings. The highest BCUT2D eigenvalue weighted by molar-refractivity contribution is 6.31. The SMILES string of the molecule is CN(C)C(CC(O)C[C@@H](COC(=O)Nc1cc2cc(F)ccc2cn1)N(C)C(=O)NCc1cccc(F)c1Cl)C(=O)O. The molecule has 226 valence electrons. The molecule has 0 aliphatic heterocycles. The van der Waals surface area contributed by atoms with Crippen LogP contribution in [0.3, 0.4) is 0 Å². The number of benzene rings is 2. The van der Waals surface area contributed by atoms with Gasteiger partial charge >= 0.3 is 18.1 Å². The zero-order chi connectivity index (χ0) is 31.0. The van der Waals surface area contributed by atoms with E-state index < -0.39 is 47.9 Å². The Bertz CT molecular complexity index is 1430. The van der Waals surface area contributed by atoms with Crippen molar-refractivity contribution in [3.8, 4) is 0 Å². The molecule has 0 aliphatic carbocycles. The number of hydrogen-bond acceptors (Lipinski definition) is 7. The summed E-state index contributed by atoms with van der Waals surface area (Å²) < 4.78 is 32.7. The minimum Gasteiger partial charge on any atom is -0.480 e. The highest BCUT2D eigenvalue weighted by atomic mass is 35.5. The van der Waals surface area contributed by atoms with Gasteiger partial charge in [-0.1, -0.05) is 23.7 Å². The summed E-state index contributed by atoms with van der Waals surface area (Å²) in [6.07, 6.45) is -0.944. The normalized spacial score (nSPS) is 13.3. The van der Waals surface area contributed by atoms with Gasteiger partial charge in [0.05, 0.1) is 17.2 Å². The number of likely N-dealkylation sites (N-methyl/N-ethyl adjacent to an activating group) is 2. The van der Waals surface area contributed by atoms with Gasteiger partial charge in [0.2, 0.25) is 0 Å². The van der Waals surface area contributed by atoms with Crippen LogP contribution in [0.4, 0.5) is 24.2 Å². The number of carboxylic acid groups (broad SMARTS) is 1. The van der Waals surface area contributed by atoms with Gasteiger partial charge in [-0.05, 0) is 68.2 Å². The summed E-state index contributed by atoms with van der Waals surface area (Å²) >= 11 is 5.97. The number of amides is 3. The summed E-state index contributed by atoms with van der Waals surface area (Å²) in [4.78, 5) is 43.8. The van der Waals surface area contributed by atoms with E-state index in [1.54, 1.807) is 26.2 Å². The molecule has 1 aromatic heterocycles. The van der Waals surface area contributed by atoms with E-state index in [1.807, 2.05) is 0 Å². The molecular weight excluding hydrogens is 576 g/mol. The van der Waals surface area contributed by atoms with Crippen LogP contribution in [0.15, 0.2) is 48.7 Å². The molecule has 11 nitrogen and oxygen atoms in total. The molecule has 0 bridgehead atoms. The van der Waals surface area contributed by atoms with Crippen molar-refractivity contribution in [1.82, 2.24) is 20.1 Å². The standard InChI is InChI=1S/C28H32ClF2N5O6/c1-35(2)23(26(38)39)12-21(37)11-20(36(3)27(40)33-14-17-5-4-6-22(31)25(17)29)15-42-28(41)34-24-10-18-9-19(30)8-7-16(18)13-32-24/h4-10,13,20-21,23,37H,11-12,14-15H2,1-3H3,(H,33,40)(H,38,39)(H,32,34,41)/t20-,21?,23?/m0/s1. The van der Waals surface area contributed by atoms with E-state index in [2.05, 4.69) is 15.6 Å². The van der Waals surface area contributed by atoms with Gasteiger partial charge in [0.1, 0.15) is 30.1 Å². The van der Waals surface area contributed by atoms with E-state index in [0.717, 1.165) is 0 Å². The van der Waals surface area contributed by atoms with Gasteiger partial charge in [0.15, 0.2) is 0 Å². The number of hydrogen-bond donors (Lipinski definition) is 4. The van der Waals surface area contributed by atoms with Gasteiger partial charge in [-0.3, -0.25) is 15.0 Å². The zero-order valence-electron chi connectivity index (χ0n) is 23.2. The average Bonchev–Trinajstić information content (AvgIpc) is 2.93. The number of urea groups is 1. The third-order valence-electron chi connectivity index (χ3n) is 6.60. The van der Waals surface area contributed by atoms with E-state index in [-0.39, 0.29) is 36.8 Å². The van der Waals surface area contributed by atoms with Crippen molar-refractivity contribution in [3.05, 3.63) is 70.9 Å². The molecule has 3 atom stereocenters. The van der Waals surface area contributed by atoms with Crippen molar-refractivity contribution < 1.29 is 38.1 Å². The monoisotopic (exact) mass is 607 g/mol. The van der Waals surface area contributed by atoms with Gasteiger partial charge in [-0.25, -0.2) is 23.4 Å². The van der Waals surface area contributed by atoms with Crippen LogP contribution in [0.2, 0.25) is 5.02 Å². The summed E-state index contributed by atoms with van der Waals surface area (Å²) in [5.41, 5.74) is 0.337. The number of aliphatic hydroxyl groups excluding tert-OH is 1. The van der Waals surface area contributed by atoms with E-state index in [4.69, 9.17) is 16.3 Å². The predicted molar refractivity (Wildman–Crippen MR) is 152 cm³/mol. The van der Waals surface area contributed by atoms with Gasteiger partial charge in [0.25, 0.3) is 0 Å². The molecule has 0 spiro atoms. The molecule has 3 rings (SSSR count). The fourth-order valence-corrected chi connectivity index (χ4v) is 4.37. The second kappa shape index (κ2) is 14.7. The Balaban J connectivity index is 1.69. The van der Waals surface area contributed by atoms with Crippen LogP contribution in [0.5, 0.6) is 0 Å². The van der Waals surface area contributed by atoms with Crippen molar-refractivity contribution in [2.45, 2.75) is 37.6 Å². The summed E-state index contributed by atoms with van der Waals surface area (Å²) in [5.74, 6) is -2.13. The van der Waals surface area contributed by atoms with Gasteiger partial charge in [0, 0.05) is 25.2 Å². The van der Waals surface area contributed by atoms with E-state index >= 15 is 0 Å². The third kappa shape index (κ3) is 8.96. The predicted octanol–water partition coefficient (Wildman–Crippen LogP) is 4.08. The Kier molecular flexibility index (Phi) is 11.4. The first-order chi connectivity index (χ1) is 19.8. The number of carboxylic acids is 1. The number of ether oxygens (including phenoxy) is 1. The highest BCUT2D eigenvalue weighted by Gasteiger charge is 2.29. The molecule has 0 saturated heterocycles. The minimum atomic E-state index is -1.19. The topological polar surface area (TPSA) is 144 Å². The first kappa shape index (κ1) is 32.4. The van der Waals surface area contributed by atoms with Crippen LogP contribution in [-0.2, 0) is 16.1 Å². The lowest BCUT2D eigenvalue weighted by molar-refractivity contribution is -0.143. The van der Waals surface area contributed by atoms with Gasteiger partial charge < -0.3 is 25.2 Å². The van der Waals surface area contributed by atoms with Crippen LogP contribution >= 0.6 is 11.6 Å². The number of anilines is 1. The second-order valence-corrected chi connectivity index (χ2v) is 10.2. The van der Waals surface area contributed by atoms with Crippen LogP contribution in [0.1, 0.15) is 18.4 Å². The first-order valence-electron chi connectivity index (χ1n) is 12.9. The number of nitrogens with one attached hydrogen (secondary N) is 2. The molecule has 1 heterocycles. The lowest BCUT2D eigenvalue weighted by Gasteiger charge is -2.31. The lowest BCUT2D eigenvalue weighted by atomic mass is 10.0. The Morgan fingerprint density at radius 2 is 1.81 bits per heavy atom. The van der Waals surface area contributed by atoms with Crippen molar-refractivity contribution in [1.29, 1.82) is 0 Å². The molecule has 2 unspecified atom stereocenters. The van der Waals surface area contributed by atoms with Gasteiger partial charge in [-0.15, -0.1) is 0 Å². The van der Waals surface area contributed by atoms with Crippen molar-refractivity contribution in [2.75, 3.05) is 33.1 Å². The largest absolute Gasteiger partial charge is 0.480 e. The summed E-state index contributed by atoms with van der Waals surface area (Å²) in [6.45, 7) is -0.484. The Morgan fingerprint density at radius 3 is 2.50 bits per heavy atom. The molecule has 4 N–H and O–H groups in total. The number of aromatic nitrogens is 1. The maximum absolute atomic E-state index is 13.8. The summed E-state index contributed by atoms with van der Waals surface area (Å²) in [5, 5.41) is 26.3. The quantitative estimate of drug-likeness (QED) is 0.241. The number of nitrogens with zero attached hydrogens (tertiary/aromatic N) is 3. The molecule has 0 fully saturated rings. The van der Waals surface area contributed by atoms with E-state index in [0.29, 0.717) is 16.3 Å². The highest BCUT2D eigenvalue weighted by Crippen LogP contribution is 2.21. The minimum absolute atomic E-state index is 0.100. The van der Waals surface area contributed by atoms with Crippen molar-refractivity contribution in [2.24, 2.45) is 0 Å². The summed E-state index contributed by atoms with van der Waals surface area (Å²) in [6, 6.07) is 7.22. The maximum atomic E-state index is 13.8. The van der Waals surface area contributed by atoms with Crippen LogP contribution in [-0.4, -0.2) is 89.0 Å². The number of aliphatic hydroxyl groups is 1. The molecule has 0 aliphatic rings. The second-order valence-electron chi connectivity index (χ2n) is 9.86. The van der Waals surface area contributed by atoms with E-state index in [1.165, 1.54) is 53.4 Å². The maximum Gasteiger partial charge on any atom is 0.412 e. The lowest BCUT2D eigenvalue weighted by Crippen LogP contribution is -2.48. The number of fused-ring (bicyclic) bond motifs is 1. The first-order valence-corrected chi connectivity index (χ1v) is 13.2. The number of carbonyl (C=O) groups excluding carboxylic acids is 2. The molecule has 14 heteroatoms. The van der Waals surface area contributed by atoms with Crippen molar-refractivity contribution >= 4 is 46.3 Å². The molecule has 0 saturated carbocycles. The Morgan fingerprint density at radius 1 is 1.07 bits per heavy atom. The zero-order valence-corrected chi connectivity index (χ0v) is 23.9. The molecule has 42 heavy (non-hydrogen) atoms. The molecule has 2 aromatic carbocycles. The number of carbonyl (C=O) groups is 3. The fraction of sp³-hybridized carbons (Fsp3) is 0.357. The molecule has 3 amide bonds. The smallest absolute Gasteiger partial charge is 0.412 e. The number of rotatable bonds is 12. The molecular formula is C28H32ClF2N5O6. The van der Waals surface area contributed by atoms with Gasteiger partial charge in [-0.2, -0.15) is 0 Å². The van der Waals surface area contributed by atoms with Crippen molar-refractivity contribution in [3.63, 3.8) is 0 Å². The number of pyridine rings is 1. The van der Waals surface area contributed by atoms with Crippen LogP contribution < -0.4 is 10.6 Å². The number of halogens is 3. The van der Waals surface area contributed by atoms with Crippen LogP contribution in [0.25, 0.3) is 10.8 Å². The Labute approximate surface area is 246 Å². The van der Waals surface area contributed by atoms with Crippen LogP contribution in [0, 0.1) is 11.6 Å². The average molecular weight is 608 g/mol.